The van der Waals surface area contributed by atoms with Gasteiger partial charge in [0.25, 0.3) is 0 Å². The van der Waals surface area contributed by atoms with Crippen LogP contribution in [0.5, 0.6) is 5.75 Å². The van der Waals surface area contributed by atoms with Crippen LogP contribution in [0.15, 0.2) is 30.3 Å². The van der Waals surface area contributed by atoms with Crippen LogP contribution in [0.25, 0.3) is 0 Å². The fourth-order valence-electron chi connectivity index (χ4n) is 3.81. The monoisotopic (exact) mass is 376 g/mol. The van der Waals surface area contributed by atoms with Crippen LogP contribution in [0.4, 0.5) is 0 Å². The number of hydrogen-bond acceptors (Lipinski definition) is 4. The van der Waals surface area contributed by atoms with Gasteiger partial charge in [0.05, 0.1) is 12.5 Å². The molecule has 6 nitrogen and oxygen atoms in total. The Labute approximate surface area is 162 Å². The predicted molar refractivity (Wildman–Crippen MR) is 104 cm³/mol. The first-order valence-corrected chi connectivity index (χ1v) is 9.72. The highest BCUT2D eigenvalue weighted by atomic mass is 16.5. The molecule has 6 heteroatoms. The number of carbonyl (C=O) groups is 2. The van der Waals surface area contributed by atoms with Gasteiger partial charge in [-0.3, -0.25) is 9.59 Å². The molecular formula is C21H32N2O4. The van der Waals surface area contributed by atoms with Gasteiger partial charge >= 0.3 is 0 Å². The second-order valence-electron chi connectivity index (χ2n) is 7.39. The van der Waals surface area contributed by atoms with E-state index in [2.05, 4.69) is 5.32 Å². The molecule has 27 heavy (non-hydrogen) atoms. The number of ether oxygens (including phenoxy) is 2. The molecule has 2 rings (SSSR count). The Hall–Kier alpha value is -2.08. The van der Waals surface area contributed by atoms with E-state index in [9.17, 15) is 9.59 Å². The number of nitrogens with one attached hydrogen (secondary N) is 1. The number of rotatable bonds is 9. The summed E-state index contributed by atoms with van der Waals surface area (Å²) in [7, 11) is 1.49. The van der Waals surface area contributed by atoms with Crippen LogP contribution in [-0.2, 0) is 14.3 Å². The van der Waals surface area contributed by atoms with Crippen LogP contribution in [0.1, 0.15) is 33.6 Å². The van der Waals surface area contributed by atoms with E-state index in [0.717, 1.165) is 12.2 Å². The summed E-state index contributed by atoms with van der Waals surface area (Å²) in [5.74, 6) is 0.745. The zero-order chi connectivity index (χ0) is 19.8. The van der Waals surface area contributed by atoms with Crippen molar-refractivity contribution in [3.63, 3.8) is 0 Å². The predicted octanol–water partition coefficient (Wildman–Crippen LogP) is 2.48. The van der Waals surface area contributed by atoms with Crippen molar-refractivity contribution >= 4 is 11.8 Å². The van der Waals surface area contributed by atoms with Gasteiger partial charge in [0.1, 0.15) is 12.4 Å². The lowest BCUT2D eigenvalue weighted by Gasteiger charge is -2.30. The van der Waals surface area contributed by atoms with E-state index < -0.39 is 0 Å². The van der Waals surface area contributed by atoms with E-state index >= 15 is 0 Å². The summed E-state index contributed by atoms with van der Waals surface area (Å²) in [6.07, 6.45) is 1.45. The number of benzene rings is 1. The minimum atomic E-state index is -0.225. The molecule has 0 saturated heterocycles. The summed E-state index contributed by atoms with van der Waals surface area (Å²) < 4.78 is 10.8. The van der Waals surface area contributed by atoms with Gasteiger partial charge in [-0.05, 0) is 51.7 Å². The van der Waals surface area contributed by atoms with Crippen LogP contribution >= 0.6 is 0 Å². The maximum absolute atomic E-state index is 13.1. The van der Waals surface area contributed by atoms with Crippen molar-refractivity contribution in [3.05, 3.63) is 30.3 Å². The molecule has 1 aliphatic rings. The average molecular weight is 376 g/mol. The van der Waals surface area contributed by atoms with Crippen molar-refractivity contribution in [1.29, 1.82) is 0 Å². The first-order chi connectivity index (χ1) is 13.0. The maximum atomic E-state index is 13.1. The largest absolute Gasteiger partial charge is 0.493 e. The second kappa shape index (κ2) is 10.3. The lowest BCUT2D eigenvalue weighted by molar-refractivity contribution is -0.138. The van der Waals surface area contributed by atoms with Crippen molar-refractivity contribution in [3.8, 4) is 5.75 Å². The molecule has 0 unspecified atom stereocenters. The van der Waals surface area contributed by atoms with E-state index in [1.807, 2.05) is 56.0 Å². The van der Waals surface area contributed by atoms with Crippen LogP contribution in [0.3, 0.4) is 0 Å². The molecule has 0 heterocycles. The zero-order valence-corrected chi connectivity index (χ0v) is 16.8. The van der Waals surface area contributed by atoms with Gasteiger partial charge in [-0.2, -0.15) is 0 Å². The fourth-order valence-corrected chi connectivity index (χ4v) is 3.81. The SMILES string of the molecule is CCN(C(=O)[C@@H]1C[C@@H](COc2ccccc2)C[C@H]1NC(=O)COC)C(C)C. The van der Waals surface area contributed by atoms with Gasteiger partial charge in [-0.25, -0.2) is 0 Å². The van der Waals surface area contributed by atoms with Crippen LogP contribution in [0, 0.1) is 11.8 Å². The Morgan fingerprint density at radius 3 is 2.52 bits per heavy atom. The molecule has 0 aliphatic heterocycles. The summed E-state index contributed by atoms with van der Waals surface area (Å²) in [6.45, 7) is 7.23. The van der Waals surface area contributed by atoms with Crippen molar-refractivity contribution in [1.82, 2.24) is 10.2 Å². The first-order valence-electron chi connectivity index (χ1n) is 9.72. The molecule has 2 amide bonds. The highest BCUT2D eigenvalue weighted by molar-refractivity contribution is 5.82. The molecular weight excluding hydrogens is 344 g/mol. The third kappa shape index (κ3) is 5.96. The van der Waals surface area contributed by atoms with Gasteiger partial charge in [-0.15, -0.1) is 0 Å². The Kier molecular flexibility index (Phi) is 8.10. The Morgan fingerprint density at radius 2 is 1.93 bits per heavy atom. The highest BCUT2D eigenvalue weighted by Crippen LogP contribution is 2.34. The van der Waals surface area contributed by atoms with Gasteiger partial charge in [-0.1, -0.05) is 18.2 Å². The van der Waals surface area contributed by atoms with Crippen LogP contribution in [0.2, 0.25) is 0 Å². The number of nitrogens with zero attached hydrogens (tertiary/aromatic N) is 1. The summed E-state index contributed by atoms with van der Waals surface area (Å²) in [5.41, 5.74) is 0. The van der Waals surface area contributed by atoms with E-state index in [1.54, 1.807) is 0 Å². The smallest absolute Gasteiger partial charge is 0.246 e. The lowest BCUT2D eigenvalue weighted by atomic mass is 10.00. The summed E-state index contributed by atoms with van der Waals surface area (Å²) in [5, 5.41) is 2.99. The standard InChI is InChI=1S/C21H32N2O4/c1-5-23(15(2)3)21(25)18-11-16(12-19(18)22-20(24)14-26-4)13-27-17-9-7-6-8-10-17/h6-10,15-16,18-19H,5,11-14H2,1-4H3,(H,22,24)/t16-,18-,19-/m1/s1. The summed E-state index contributed by atoms with van der Waals surface area (Å²) in [6, 6.07) is 9.62. The molecule has 0 spiro atoms. The molecule has 1 aromatic rings. The molecule has 3 atom stereocenters. The third-order valence-electron chi connectivity index (χ3n) is 5.08. The Bertz CT molecular complexity index is 605. The molecule has 1 saturated carbocycles. The quantitative estimate of drug-likeness (QED) is 0.719. The number of methoxy groups -OCH3 is 1. The molecule has 150 valence electrons. The first kappa shape index (κ1) is 21.2. The van der Waals surface area contributed by atoms with Gasteiger partial charge in [0.2, 0.25) is 11.8 Å². The van der Waals surface area contributed by atoms with Crippen molar-refractivity contribution in [2.75, 3.05) is 26.9 Å². The Morgan fingerprint density at radius 1 is 1.22 bits per heavy atom. The molecule has 1 aromatic carbocycles. The lowest BCUT2D eigenvalue weighted by Crippen LogP contribution is -2.48. The molecule has 0 aromatic heterocycles. The van der Waals surface area contributed by atoms with Crippen LogP contribution < -0.4 is 10.1 Å². The number of amides is 2. The highest BCUT2D eigenvalue weighted by Gasteiger charge is 2.41. The number of carbonyl (C=O) groups excluding carboxylic acids is 2. The maximum Gasteiger partial charge on any atom is 0.246 e. The molecule has 1 N–H and O–H groups in total. The molecule has 0 bridgehead atoms. The minimum absolute atomic E-state index is 0.00423. The molecule has 0 radical (unpaired) electrons. The molecule has 1 fully saturated rings. The van der Waals surface area contributed by atoms with Gasteiger partial charge < -0.3 is 19.7 Å². The topological polar surface area (TPSA) is 67.9 Å². The van der Waals surface area contributed by atoms with Gasteiger partial charge in [0.15, 0.2) is 0 Å². The average Bonchev–Trinajstić information content (AvgIpc) is 3.04. The van der Waals surface area contributed by atoms with Crippen molar-refractivity contribution in [2.45, 2.75) is 45.7 Å². The zero-order valence-electron chi connectivity index (χ0n) is 16.8. The molecule has 1 aliphatic carbocycles. The number of para-hydroxylation sites is 1. The van der Waals surface area contributed by atoms with E-state index in [1.165, 1.54) is 7.11 Å². The van der Waals surface area contributed by atoms with Crippen molar-refractivity contribution in [2.24, 2.45) is 11.8 Å². The second-order valence-corrected chi connectivity index (χ2v) is 7.39. The Balaban J connectivity index is 2.05. The normalized spacial score (nSPS) is 21.9. The fraction of sp³-hybridized carbons (Fsp3) is 0.619. The van der Waals surface area contributed by atoms with E-state index in [-0.39, 0.29) is 42.3 Å². The van der Waals surface area contributed by atoms with Crippen LogP contribution in [-0.4, -0.2) is 55.7 Å². The van der Waals surface area contributed by atoms with E-state index in [0.29, 0.717) is 19.6 Å². The third-order valence-corrected chi connectivity index (χ3v) is 5.08. The van der Waals surface area contributed by atoms with Gasteiger partial charge in [0, 0.05) is 25.7 Å². The number of hydrogen-bond donors (Lipinski definition) is 1. The minimum Gasteiger partial charge on any atom is -0.493 e. The summed E-state index contributed by atoms with van der Waals surface area (Å²) >= 11 is 0. The van der Waals surface area contributed by atoms with Crippen molar-refractivity contribution < 1.29 is 19.1 Å². The van der Waals surface area contributed by atoms with E-state index in [4.69, 9.17) is 9.47 Å². The summed E-state index contributed by atoms with van der Waals surface area (Å²) in [4.78, 5) is 27.0.